The molecule has 0 saturated carbocycles. The molecule has 392 valence electrons. The van der Waals surface area contributed by atoms with Crippen LogP contribution in [0.5, 0.6) is 0 Å². The predicted molar refractivity (Wildman–Crippen MR) is 284 cm³/mol. The molecular weight excluding hydrogens is 817 g/mol. The minimum atomic E-state index is -0.764. The molecule has 0 aromatic carbocycles. The molecule has 1 atom stereocenters. The summed E-state index contributed by atoms with van der Waals surface area (Å²) in [5, 5.41) is 0. The third-order valence-corrected chi connectivity index (χ3v) is 13.6. The molecule has 0 rings (SSSR count). The van der Waals surface area contributed by atoms with Gasteiger partial charge >= 0.3 is 17.9 Å². The number of unbranched alkanes of at least 4 members (excludes halogenated alkanes) is 36. The van der Waals surface area contributed by atoms with Crippen molar-refractivity contribution < 1.29 is 28.6 Å². The topological polar surface area (TPSA) is 78.9 Å². The van der Waals surface area contributed by atoms with E-state index >= 15 is 0 Å². The Bertz CT molecular complexity index is 1020. The average molecular weight is 934 g/mol. The monoisotopic (exact) mass is 933 g/mol. The van der Waals surface area contributed by atoms with Crippen LogP contribution in [-0.2, 0) is 28.6 Å². The van der Waals surface area contributed by atoms with Crippen LogP contribution in [0.15, 0.2) is 0 Å². The smallest absolute Gasteiger partial charge is 0.306 e. The van der Waals surface area contributed by atoms with Gasteiger partial charge in [0, 0.05) is 19.3 Å². The lowest BCUT2D eigenvalue weighted by molar-refractivity contribution is -0.167. The minimum absolute atomic E-state index is 0.0642. The van der Waals surface area contributed by atoms with Crippen LogP contribution in [0.4, 0.5) is 0 Å². The lowest BCUT2D eigenvalue weighted by atomic mass is 10.0. The Morgan fingerprint density at radius 1 is 0.258 bits per heavy atom. The first-order chi connectivity index (χ1) is 32.1. The molecule has 0 radical (unpaired) electrons. The lowest BCUT2D eigenvalue weighted by Gasteiger charge is -2.18. The van der Waals surface area contributed by atoms with Crippen molar-refractivity contribution in [1.29, 1.82) is 0 Å². The van der Waals surface area contributed by atoms with Crippen LogP contribution in [0.3, 0.4) is 0 Å². The molecule has 0 unspecified atom stereocenters. The Balaban J connectivity index is 4.19. The SMILES string of the molecule is CC(C)CCCCCCCCCCCCCCCCCCCCC(=O)O[C@H](COC(=O)CCCCCCCCCCCCCCCCCC(C)C)COC(=O)CCCCCCCCC(C)C. The number of hydrogen-bond donors (Lipinski definition) is 0. The van der Waals surface area contributed by atoms with Crippen LogP contribution >= 0.6 is 0 Å². The summed E-state index contributed by atoms with van der Waals surface area (Å²) in [5.41, 5.74) is 0. The molecule has 66 heavy (non-hydrogen) atoms. The molecule has 0 aromatic rings. The van der Waals surface area contributed by atoms with E-state index in [1.54, 1.807) is 0 Å². The van der Waals surface area contributed by atoms with Crippen LogP contribution in [0, 0.1) is 17.8 Å². The van der Waals surface area contributed by atoms with Gasteiger partial charge in [0.05, 0.1) is 0 Å². The van der Waals surface area contributed by atoms with E-state index in [-0.39, 0.29) is 31.1 Å². The number of esters is 3. The van der Waals surface area contributed by atoms with Crippen molar-refractivity contribution in [3.63, 3.8) is 0 Å². The lowest BCUT2D eigenvalue weighted by Crippen LogP contribution is -2.30. The molecule has 0 heterocycles. The van der Waals surface area contributed by atoms with Crippen LogP contribution in [0.25, 0.3) is 0 Å². The van der Waals surface area contributed by atoms with E-state index in [0.29, 0.717) is 19.3 Å². The Hall–Kier alpha value is -1.59. The molecule has 0 fully saturated rings. The van der Waals surface area contributed by atoms with Crippen molar-refractivity contribution in [2.45, 2.75) is 337 Å². The second kappa shape index (κ2) is 51.3. The van der Waals surface area contributed by atoms with Crippen molar-refractivity contribution in [1.82, 2.24) is 0 Å². The van der Waals surface area contributed by atoms with E-state index in [1.165, 1.54) is 212 Å². The van der Waals surface area contributed by atoms with Crippen molar-refractivity contribution in [2.75, 3.05) is 13.2 Å². The maximum Gasteiger partial charge on any atom is 0.306 e. The number of rotatable bonds is 53. The third kappa shape index (κ3) is 53.4. The summed E-state index contributed by atoms with van der Waals surface area (Å²) in [4.78, 5) is 38.1. The second-order valence-corrected chi connectivity index (χ2v) is 22.1. The Morgan fingerprint density at radius 2 is 0.439 bits per heavy atom. The third-order valence-electron chi connectivity index (χ3n) is 13.6. The second-order valence-electron chi connectivity index (χ2n) is 22.1. The quantitative estimate of drug-likeness (QED) is 0.0343. The van der Waals surface area contributed by atoms with E-state index in [0.717, 1.165) is 75.5 Å². The van der Waals surface area contributed by atoms with Crippen molar-refractivity contribution in [2.24, 2.45) is 17.8 Å². The summed E-state index contributed by atoms with van der Waals surface area (Å²) in [6, 6.07) is 0. The molecule has 0 amide bonds. The van der Waals surface area contributed by atoms with Gasteiger partial charge < -0.3 is 14.2 Å². The summed E-state index contributed by atoms with van der Waals surface area (Å²) < 4.78 is 16.9. The zero-order valence-corrected chi connectivity index (χ0v) is 45.5. The molecule has 0 spiro atoms. The molecule has 0 saturated heterocycles. The van der Waals surface area contributed by atoms with Crippen LogP contribution in [0.1, 0.15) is 330 Å². The van der Waals surface area contributed by atoms with Gasteiger partial charge in [0.1, 0.15) is 13.2 Å². The predicted octanol–water partition coefficient (Wildman–Crippen LogP) is 19.5. The summed E-state index contributed by atoms with van der Waals surface area (Å²) in [6.45, 7) is 13.7. The van der Waals surface area contributed by atoms with E-state index in [9.17, 15) is 14.4 Å². The molecule has 6 nitrogen and oxygen atoms in total. The van der Waals surface area contributed by atoms with Crippen molar-refractivity contribution in [3.05, 3.63) is 0 Å². The molecule has 0 aromatic heterocycles. The van der Waals surface area contributed by atoms with Crippen LogP contribution in [-0.4, -0.2) is 37.2 Å². The van der Waals surface area contributed by atoms with Gasteiger partial charge in [-0.25, -0.2) is 0 Å². The molecular formula is C60H116O6. The van der Waals surface area contributed by atoms with E-state index in [1.807, 2.05) is 0 Å². The Labute approximate surface area is 412 Å². The maximum atomic E-state index is 12.9. The van der Waals surface area contributed by atoms with E-state index < -0.39 is 6.10 Å². The van der Waals surface area contributed by atoms with Crippen molar-refractivity contribution in [3.8, 4) is 0 Å². The Kier molecular flexibility index (Phi) is 50.0. The normalized spacial score (nSPS) is 12.1. The molecule has 0 aliphatic heterocycles. The van der Waals surface area contributed by atoms with Gasteiger partial charge in [-0.1, -0.05) is 292 Å². The van der Waals surface area contributed by atoms with Gasteiger partial charge in [-0.05, 0) is 37.0 Å². The van der Waals surface area contributed by atoms with Gasteiger partial charge in [-0.3, -0.25) is 14.4 Å². The van der Waals surface area contributed by atoms with Gasteiger partial charge in [0.2, 0.25) is 0 Å². The number of ether oxygens (including phenoxy) is 3. The molecule has 6 heteroatoms. The highest BCUT2D eigenvalue weighted by Gasteiger charge is 2.19. The zero-order chi connectivity index (χ0) is 48.4. The summed E-state index contributed by atoms with van der Waals surface area (Å²) in [5.74, 6) is 1.62. The number of carbonyl (C=O) groups is 3. The number of carbonyl (C=O) groups excluding carboxylic acids is 3. The molecule has 0 aliphatic rings. The van der Waals surface area contributed by atoms with Crippen LogP contribution in [0.2, 0.25) is 0 Å². The average Bonchev–Trinajstić information content (AvgIpc) is 3.28. The summed E-state index contributed by atoms with van der Waals surface area (Å²) >= 11 is 0. The van der Waals surface area contributed by atoms with Gasteiger partial charge in [0.25, 0.3) is 0 Å². The minimum Gasteiger partial charge on any atom is -0.462 e. The zero-order valence-electron chi connectivity index (χ0n) is 45.5. The van der Waals surface area contributed by atoms with Gasteiger partial charge in [-0.2, -0.15) is 0 Å². The largest absolute Gasteiger partial charge is 0.462 e. The van der Waals surface area contributed by atoms with Gasteiger partial charge in [0.15, 0.2) is 6.10 Å². The number of hydrogen-bond acceptors (Lipinski definition) is 6. The highest BCUT2D eigenvalue weighted by Crippen LogP contribution is 2.19. The first-order valence-electron chi connectivity index (χ1n) is 29.6. The molecule has 0 bridgehead atoms. The first-order valence-corrected chi connectivity index (χ1v) is 29.6. The highest BCUT2D eigenvalue weighted by atomic mass is 16.6. The Morgan fingerprint density at radius 3 is 0.652 bits per heavy atom. The summed E-state index contributed by atoms with van der Waals surface area (Å²) in [7, 11) is 0. The van der Waals surface area contributed by atoms with Crippen LogP contribution < -0.4 is 0 Å². The van der Waals surface area contributed by atoms with E-state index in [2.05, 4.69) is 41.5 Å². The van der Waals surface area contributed by atoms with E-state index in [4.69, 9.17) is 14.2 Å². The van der Waals surface area contributed by atoms with Gasteiger partial charge in [-0.15, -0.1) is 0 Å². The molecule has 0 aliphatic carbocycles. The highest BCUT2D eigenvalue weighted by molar-refractivity contribution is 5.71. The fourth-order valence-corrected chi connectivity index (χ4v) is 9.18. The molecule has 0 N–H and O–H groups in total. The standard InChI is InChI=1S/C60H116O6/c1-54(2)46-40-34-28-24-20-16-12-9-7-8-10-14-19-23-27-31-39-45-51-60(63)66-57(53-65-59(62)50-44-38-33-32-36-42-48-56(5)6)52-64-58(61)49-43-37-30-26-22-18-15-11-13-17-21-25-29-35-41-47-55(3)4/h54-57H,7-53H2,1-6H3/t57-/m1/s1. The summed E-state index contributed by atoms with van der Waals surface area (Å²) in [6.07, 6.45) is 54.1. The fraction of sp³-hybridized carbons (Fsp3) is 0.950. The first kappa shape index (κ1) is 64.4. The van der Waals surface area contributed by atoms with Crippen molar-refractivity contribution >= 4 is 17.9 Å². The fourth-order valence-electron chi connectivity index (χ4n) is 9.18. The maximum absolute atomic E-state index is 12.9.